The minimum absolute atomic E-state index is 0.0238. The topological polar surface area (TPSA) is 74.4 Å². The smallest absolute Gasteiger partial charge is 0.405 e. The predicted octanol–water partition coefficient (Wildman–Crippen LogP) is 3.05. The van der Waals surface area contributed by atoms with Gasteiger partial charge >= 0.3 is 12.7 Å². The van der Waals surface area contributed by atoms with Crippen LogP contribution in [0.3, 0.4) is 0 Å². The lowest BCUT2D eigenvalue weighted by atomic mass is 10.2. The molecule has 5 nitrogen and oxygen atoms in total. The number of nitrogens with zero attached hydrogens (tertiary/aromatic N) is 1. The number of nitrogens with two attached hydrogens (primary N) is 1. The number of pyridine rings is 1. The third kappa shape index (κ3) is 6.87. The minimum Gasteiger partial charge on any atom is -0.444 e. The van der Waals surface area contributed by atoms with Gasteiger partial charge in [-0.25, -0.2) is 9.78 Å². The first-order valence-corrected chi connectivity index (χ1v) is 6.59. The molecule has 0 bridgehead atoms. The van der Waals surface area contributed by atoms with Crippen molar-refractivity contribution in [2.75, 3.05) is 0 Å². The zero-order valence-electron chi connectivity index (χ0n) is 12.4. The lowest BCUT2D eigenvalue weighted by Gasteiger charge is -2.16. The standard InChI is InChI=1S/C9H9F2NO.C5H11NO2/c10-9(11)13-8-5-4-6-2-1-3-7(6)12-8;1-5(2,3)8-4(6)7/h4-5,9H,1-3H2;1-3H3,(H2,6,7). The summed E-state index contributed by atoms with van der Waals surface area (Å²) in [4.78, 5) is 14.0. The molecule has 2 N–H and O–H groups in total. The van der Waals surface area contributed by atoms with Gasteiger partial charge in [-0.15, -0.1) is 0 Å². The van der Waals surface area contributed by atoms with E-state index in [2.05, 4.69) is 14.5 Å². The van der Waals surface area contributed by atoms with E-state index < -0.39 is 18.3 Å². The number of aromatic nitrogens is 1. The van der Waals surface area contributed by atoms with Crippen molar-refractivity contribution < 1.29 is 23.0 Å². The van der Waals surface area contributed by atoms with Crippen LogP contribution in [0.5, 0.6) is 5.88 Å². The maximum atomic E-state index is 11.8. The summed E-state index contributed by atoms with van der Waals surface area (Å²) in [5, 5.41) is 0. The molecule has 0 saturated carbocycles. The Morgan fingerprint density at radius 3 is 2.48 bits per heavy atom. The van der Waals surface area contributed by atoms with Crippen LogP contribution in [-0.2, 0) is 17.6 Å². The number of alkyl halides is 2. The van der Waals surface area contributed by atoms with Crippen LogP contribution in [0.15, 0.2) is 12.1 Å². The van der Waals surface area contributed by atoms with Crippen LogP contribution in [0, 0.1) is 0 Å². The summed E-state index contributed by atoms with van der Waals surface area (Å²) in [5.41, 5.74) is 6.32. The van der Waals surface area contributed by atoms with Gasteiger partial charge in [0.1, 0.15) is 5.60 Å². The number of hydrogen-bond donors (Lipinski definition) is 1. The summed E-state index contributed by atoms with van der Waals surface area (Å²) in [7, 11) is 0. The molecule has 0 spiro atoms. The molecule has 1 aromatic rings. The molecule has 1 aromatic heterocycles. The number of amides is 1. The molecule has 1 amide bonds. The molecule has 0 aromatic carbocycles. The molecule has 2 rings (SSSR count). The highest BCUT2D eigenvalue weighted by molar-refractivity contribution is 5.65. The molecule has 1 heterocycles. The Labute approximate surface area is 122 Å². The number of rotatable bonds is 2. The first kappa shape index (κ1) is 17.1. The molecule has 0 fully saturated rings. The number of ether oxygens (including phenoxy) is 2. The maximum Gasteiger partial charge on any atom is 0.405 e. The Bertz CT molecular complexity index is 488. The quantitative estimate of drug-likeness (QED) is 0.911. The Kier molecular flexibility index (Phi) is 5.87. The van der Waals surface area contributed by atoms with Gasteiger partial charge in [-0.3, -0.25) is 0 Å². The molecule has 0 radical (unpaired) electrons. The van der Waals surface area contributed by atoms with Crippen LogP contribution in [0.25, 0.3) is 0 Å². The average Bonchev–Trinajstić information content (AvgIpc) is 2.72. The van der Waals surface area contributed by atoms with Crippen molar-refractivity contribution in [3.63, 3.8) is 0 Å². The van der Waals surface area contributed by atoms with Crippen molar-refractivity contribution in [2.45, 2.75) is 52.2 Å². The minimum atomic E-state index is -2.79. The molecule has 7 heteroatoms. The van der Waals surface area contributed by atoms with Gasteiger partial charge in [-0.2, -0.15) is 8.78 Å². The van der Waals surface area contributed by atoms with Crippen molar-refractivity contribution >= 4 is 6.09 Å². The van der Waals surface area contributed by atoms with E-state index in [4.69, 9.17) is 5.73 Å². The molecule has 0 aliphatic heterocycles. The average molecular weight is 302 g/mol. The Balaban J connectivity index is 0.000000240. The number of hydrogen-bond acceptors (Lipinski definition) is 4. The zero-order chi connectivity index (χ0) is 16.0. The van der Waals surface area contributed by atoms with Crippen LogP contribution in [0.4, 0.5) is 13.6 Å². The van der Waals surface area contributed by atoms with Gasteiger partial charge in [-0.05, 0) is 45.6 Å². The number of fused-ring (bicyclic) bond motifs is 1. The van der Waals surface area contributed by atoms with Gasteiger partial charge in [0.2, 0.25) is 5.88 Å². The molecule has 0 unspecified atom stereocenters. The van der Waals surface area contributed by atoms with E-state index in [1.807, 2.05) is 6.07 Å². The fraction of sp³-hybridized carbons (Fsp3) is 0.571. The van der Waals surface area contributed by atoms with Crippen LogP contribution < -0.4 is 10.5 Å². The van der Waals surface area contributed by atoms with Crippen LogP contribution in [0.2, 0.25) is 0 Å². The Morgan fingerprint density at radius 1 is 1.33 bits per heavy atom. The highest BCUT2D eigenvalue weighted by Crippen LogP contribution is 2.23. The molecule has 0 atom stereocenters. The van der Waals surface area contributed by atoms with E-state index in [0.717, 1.165) is 30.5 Å². The second-order valence-electron chi connectivity index (χ2n) is 5.52. The van der Waals surface area contributed by atoms with Crippen LogP contribution in [-0.4, -0.2) is 23.3 Å². The molecule has 1 aliphatic carbocycles. The van der Waals surface area contributed by atoms with Crippen LogP contribution in [0.1, 0.15) is 38.4 Å². The van der Waals surface area contributed by atoms with Gasteiger partial charge in [0.25, 0.3) is 0 Å². The summed E-state index contributed by atoms with van der Waals surface area (Å²) >= 11 is 0. The second-order valence-corrected chi connectivity index (χ2v) is 5.52. The van der Waals surface area contributed by atoms with E-state index in [1.54, 1.807) is 20.8 Å². The molecular formula is C14H20F2N2O3. The van der Waals surface area contributed by atoms with Gasteiger partial charge < -0.3 is 15.2 Å². The molecule has 1 aliphatic rings. The molecule has 0 saturated heterocycles. The van der Waals surface area contributed by atoms with Crippen molar-refractivity contribution in [3.05, 3.63) is 23.4 Å². The number of carbonyl (C=O) groups excluding carboxylic acids is 1. The zero-order valence-corrected chi connectivity index (χ0v) is 12.4. The van der Waals surface area contributed by atoms with Crippen molar-refractivity contribution in [3.8, 4) is 5.88 Å². The largest absolute Gasteiger partial charge is 0.444 e. The van der Waals surface area contributed by atoms with E-state index in [-0.39, 0.29) is 5.88 Å². The second kappa shape index (κ2) is 7.19. The number of carbonyl (C=O) groups is 1. The summed E-state index contributed by atoms with van der Waals surface area (Å²) in [6, 6.07) is 3.31. The van der Waals surface area contributed by atoms with Gasteiger partial charge in [0.15, 0.2) is 0 Å². The monoisotopic (exact) mass is 302 g/mol. The lowest BCUT2D eigenvalue weighted by molar-refractivity contribution is -0.0529. The third-order valence-corrected chi connectivity index (χ3v) is 2.52. The fourth-order valence-corrected chi connectivity index (χ4v) is 1.86. The van der Waals surface area contributed by atoms with E-state index >= 15 is 0 Å². The van der Waals surface area contributed by atoms with Gasteiger partial charge in [-0.1, -0.05) is 6.07 Å². The van der Waals surface area contributed by atoms with Crippen molar-refractivity contribution in [1.29, 1.82) is 0 Å². The Morgan fingerprint density at radius 2 is 2.00 bits per heavy atom. The SMILES string of the molecule is CC(C)(C)OC(N)=O.FC(F)Oc1ccc2c(n1)CCC2. The van der Waals surface area contributed by atoms with Crippen molar-refractivity contribution in [1.82, 2.24) is 4.98 Å². The van der Waals surface area contributed by atoms with Crippen molar-refractivity contribution in [2.24, 2.45) is 5.73 Å². The van der Waals surface area contributed by atoms with E-state index in [1.165, 1.54) is 6.07 Å². The number of primary amides is 1. The summed E-state index contributed by atoms with van der Waals surface area (Å²) in [6.07, 6.45) is 2.20. The lowest BCUT2D eigenvalue weighted by Crippen LogP contribution is -2.27. The Hall–Kier alpha value is -1.92. The molecule has 118 valence electrons. The van der Waals surface area contributed by atoms with E-state index in [9.17, 15) is 13.6 Å². The number of halogens is 2. The highest BCUT2D eigenvalue weighted by atomic mass is 19.3. The summed E-state index contributed by atoms with van der Waals surface area (Å²) in [5.74, 6) is 0.0238. The summed E-state index contributed by atoms with van der Waals surface area (Å²) in [6.45, 7) is 2.50. The highest BCUT2D eigenvalue weighted by Gasteiger charge is 2.14. The maximum absolute atomic E-state index is 11.8. The van der Waals surface area contributed by atoms with E-state index in [0.29, 0.717) is 0 Å². The first-order chi connectivity index (χ1) is 9.67. The normalized spacial score (nSPS) is 13.2. The van der Waals surface area contributed by atoms with Crippen LogP contribution >= 0.6 is 0 Å². The molecular weight excluding hydrogens is 282 g/mol. The fourth-order valence-electron chi connectivity index (χ4n) is 1.86. The van der Waals surface area contributed by atoms with Gasteiger partial charge in [0, 0.05) is 11.8 Å². The first-order valence-electron chi connectivity index (χ1n) is 6.59. The third-order valence-electron chi connectivity index (χ3n) is 2.52. The number of aryl methyl sites for hydroxylation is 2. The summed E-state index contributed by atoms with van der Waals surface area (Å²) < 4.78 is 32.4. The van der Waals surface area contributed by atoms with Gasteiger partial charge in [0.05, 0.1) is 0 Å². The predicted molar refractivity (Wildman–Crippen MR) is 73.3 cm³/mol. The molecule has 21 heavy (non-hydrogen) atoms.